The van der Waals surface area contributed by atoms with Crippen molar-refractivity contribution in [3.05, 3.63) is 95.6 Å². The molecule has 0 aromatic heterocycles. The molecule has 0 N–H and O–H groups in total. The molecule has 0 heterocycles. The first-order valence-corrected chi connectivity index (χ1v) is 8.75. The van der Waals surface area contributed by atoms with Crippen molar-refractivity contribution in [1.29, 1.82) is 0 Å². The van der Waals surface area contributed by atoms with Crippen LogP contribution < -0.4 is 4.90 Å². The van der Waals surface area contributed by atoms with Gasteiger partial charge < -0.3 is 4.90 Å². The SMILES string of the molecule is CCN(Cc1ccccc1)c1ccc(C=Nc2ccccc2C)cc1. The highest BCUT2D eigenvalue weighted by atomic mass is 15.1. The van der Waals surface area contributed by atoms with Crippen molar-refractivity contribution < 1.29 is 0 Å². The number of benzene rings is 3. The molecular weight excluding hydrogens is 304 g/mol. The maximum absolute atomic E-state index is 4.60. The lowest BCUT2D eigenvalue weighted by atomic mass is 10.1. The van der Waals surface area contributed by atoms with Crippen LogP contribution in [0.25, 0.3) is 0 Å². The maximum atomic E-state index is 4.60. The van der Waals surface area contributed by atoms with Crippen LogP contribution in [0, 0.1) is 6.92 Å². The molecule has 0 aliphatic heterocycles. The molecule has 0 aliphatic carbocycles. The normalized spacial score (nSPS) is 11.0. The number of aliphatic imine (C=N–C) groups is 1. The molecule has 2 nitrogen and oxygen atoms in total. The van der Waals surface area contributed by atoms with E-state index in [1.54, 1.807) is 0 Å². The minimum absolute atomic E-state index is 0.925. The van der Waals surface area contributed by atoms with Gasteiger partial charge in [0.15, 0.2) is 0 Å². The summed E-state index contributed by atoms with van der Waals surface area (Å²) in [6, 6.07) is 27.4. The molecule has 25 heavy (non-hydrogen) atoms. The van der Waals surface area contributed by atoms with Gasteiger partial charge in [0, 0.05) is 25.0 Å². The second-order valence-corrected chi connectivity index (χ2v) is 6.14. The summed E-state index contributed by atoms with van der Waals surface area (Å²) >= 11 is 0. The van der Waals surface area contributed by atoms with Gasteiger partial charge in [0.25, 0.3) is 0 Å². The fourth-order valence-electron chi connectivity index (χ4n) is 2.81. The van der Waals surface area contributed by atoms with Crippen LogP contribution in [-0.2, 0) is 6.54 Å². The zero-order valence-corrected chi connectivity index (χ0v) is 14.9. The van der Waals surface area contributed by atoms with Gasteiger partial charge in [0.05, 0.1) is 5.69 Å². The summed E-state index contributed by atoms with van der Waals surface area (Å²) in [7, 11) is 0. The van der Waals surface area contributed by atoms with E-state index in [-0.39, 0.29) is 0 Å². The Morgan fingerprint density at radius 1 is 0.840 bits per heavy atom. The van der Waals surface area contributed by atoms with E-state index in [0.717, 1.165) is 24.3 Å². The van der Waals surface area contributed by atoms with E-state index in [1.807, 2.05) is 24.4 Å². The average molecular weight is 328 g/mol. The maximum Gasteiger partial charge on any atom is 0.0659 e. The Labute approximate surface area is 150 Å². The molecule has 3 rings (SSSR count). The lowest BCUT2D eigenvalue weighted by Gasteiger charge is -2.23. The summed E-state index contributed by atoms with van der Waals surface area (Å²) < 4.78 is 0. The second-order valence-electron chi connectivity index (χ2n) is 6.14. The molecule has 0 amide bonds. The van der Waals surface area contributed by atoms with Gasteiger partial charge in [-0.1, -0.05) is 60.7 Å². The summed E-state index contributed by atoms with van der Waals surface area (Å²) in [6.45, 7) is 6.18. The third-order valence-corrected chi connectivity index (χ3v) is 4.32. The number of rotatable bonds is 6. The molecular formula is C23H24N2. The second kappa shape index (κ2) is 8.29. The predicted molar refractivity (Wildman–Crippen MR) is 108 cm³/mol. The number of anilines is 1. The van der Waals surface area contributed by atoms with E-state index in [9.17, 15) is 0 Å². The first-order valence-electron chi connectivity index (χ1n) is 8.75. The van der Waals surface area contributed by atoms with Gasteiger partial charge >= 0.3 is 0 Å². The predicted octanol–water partition coefficient (Wildman–Crippen LogP) is 5.77. The van der Waals surface area contributed by atoms with E-state index in [2.05, 4.69) is 84.4 Å². The molecule has 0 fully saturated rings. The van der Waals surface area contributed by atoms with Crippen molar-refractivity contribution in [2.24, 2.45) is 4.99 Å². The van der Waals surface area contributed by atoms with E-state index < -0.39 is 0 Å². The van der Waals surface area contributed by atoms with Crippen molar-refractivity contribution in [1.82, 2.24) is 0 Å². The van der Waals surface area contributed by atoms with Gasteiger partial charge in [-0.2, -0.15) is 0 Å². The van der Waals surface area contributed by atoms with Crippen LogP contribution in [-0.4, -0.2) is 12.8 Å². The molecule has 0 atom stereocenters. The third kappa shape index (κ3) is 4.57. The van der Waals surface area contributed by atoms with Crippen molar-refractivity contribution in [3.8, 4) is 0 Å². The molecule has 2 heteroatoms. The summed E-state index contributed by atoms with van der Waals surface area (Å²) in [6.07, 6.45) is 1.93. The highest BCUT2D eigenvalue weighted by molar-refractivity contribution is 5.83. The average Bonchev–Trinajstić information content (AvgIpc) is 2.67. The minimum Gasteiger partial charge on any atom is -0.367 e. The van der Waals surface area contributed by atoms with Gasteiger partial charge in [0.1, 0.15) is 0 Å². The Morgan fingerprint density at radius 2 is 1.52 bits per heavy atom. The molecule has 0 bridgehead atoms. The number of hydrogen-bond donors (Lipinski definition) is 0. The van der Waals surface area contributed by atoms with Crippen LogP contribution in [0.4, 0.5) is 11.4 Å². The smallest absolute Gasteiger partial charge is 0.0659 e. The monoisotopic (exact) mass is 328 g/mol. The van der Waals surface area contributed by atoms with E-state index >= 15 is 0 Å². The Kier molecular flexibility index (Phi) is 5.63. The topological polar surface area (TPSA) is 15.6 Å². The molecule has 3 aromatic carbocycles. The van der Waals surface area contributed by atoms with Crippen molar-refractivity contribution in [2.75, 3.05) is 11.4 Å². The number of aryl methyl sites for hydroxylation is 1. The molecule has 0 saturated carbocycles. The Bertz CT molecular complexity index is 820. The van der Waals surface area contributed by atoms with Crippen LogP contribution in [0.15, 0.2) is 83.9 Å². The fraction of sp³-hybridized carbons (Fsp3) is 0.174. The molecule has 3 aromatic rings. The molecule has 126 valence electrons. The first kappa shape index (κ1) is 17.0. The van der Waals surface area contributed by atoms with Crippen LogP contribution in [0.1, 0.15) is 23.6 Å². The third-order valence-electron chi connectivity index (χ3n) is 4.32. The molecule has 0 radical (unpaired) electrons. The highest BCUT2D eigenvalue weighted by Gasteiger charge is 2.05. The lowest BCUT2D eigenvalue weighted by Crippen LogP contribution is -2.21. The zero-order valence-electron chi connectivity index (χ0n) is 14.9. The van der Waals surface area contributed by atoms with E-state index in [0.29, 0.717) is 0 Å². The van der Waals surface area contributed by atoms with E-state index in [1.165, 1.54) is 16.8 Å². The summed E-state index contributed by atoms with van der Waals surface area (Å²) in [5, 5.41) is 0. The highest BCUT2D eigenvalue weighted by Crippen LogP contribution is 2.19. The van der Waals surface area contributed by atoms with Crippen molar-refractivity contribution >= 4 is 17.6 Å². The molecule has 0 spiro atoms. The molecule has 0 aliphatic rings. The first-order chi connectivity index (χ1) is 12.3. The van der Waals surface area contributed by atoms with Crippen LogP contribution in [0.2, 0.25) is 0 Å². The van der Waals surface area contributed by atoms with Crippen LogP contribution >= 0.6 is 0 Å². The fourth-order valence-corrected chi connectivity index (χ4v) is 2.81. The minimum atomic E-state index is 0.925. The van der Waals surface area contributed by atoms with Gasteiger partial charge in [-0.3, -0.25) is 4.99 Å². The van der Waals surface area contributed by atoms with Gasteiger partial charge in [-0.05, 0) is 48.7 Å². The largest absolute Gasteiger partial charge is 0.367 e. The number of para-hydroxylation sites is 1. The lowest BCUT2D eigenvalue weighted by molar-refractivity contribution is 0.832. The molecule has 0 unspecified atom stereocenters. The number of hydrogen-bond acceptors (Lipinski definition) is 2. The summed E-state index contributed by atoms with van der Waals surface area (Å²) in [4.78, 5) is 6.97. The van der Waals surface area contributed by atoms with Gasteiger partial charge in [0.2, 0.25) is 0 Å². The summed E-state index contributed by atoms with van der Waals surface area (Å²) in [5.74, 6) is 0. The van der Waals surface area contributed by atoms with Gasteiger partial charge in [-0.25, -0.2) is 0 Å². The van der Waals surface area contributed by atoms with E-state index in [4.69, 9.17) is 0 Å². The van der Waals surface area contributed by atoms with Crippen molar-refractivity contribution in [2.45, 2.75) is 20.4 Å². The van der Waals surface area contributed by atoms with Crippen LogP contribution in [0.3, 0.4) is 0 Å². The molecule has 0 saturated heterocycles. The Hall–Kier alpha value is -2.87. The Morgan fingerprint density at radius 3 is 2.20 bits per heavy atom. The quantitative estimate of drug-likeness (QED) is 0.524. The zero-order chi connectivity index (χ0) is 17.5. The number of nitrogens with zero attached hydrogens (tertiary/aromatic N) is 2. The summed E-state index contributed by atoms with van der Waals surface area (Å²) in [5.41, 5.74) is 5.89. The van der Waals surface area contributed by atoms with Crippen LogP contribution in [0.5, 0.6) is 0 Å². The van der Waals surface area contributed by atoms with Crippen molar-refractivity contribution in [3.63, 3.8) is 0 Å². The standard InChI is InChI=1S/C23H24N2/c1-3-25(18-21-10-5-4-6-11-21)22-15-13-20(14-16-22)17-24-23-12-8-7-9-19(23)2/h4-17H,3,18H2,1-2H3. The Balaban J connectivity index is 1.71. The van der Waals surface area contributed by atoms with Gasteiger partial charge in [-0.15, -0.1) is 0 Å².